The quantitative estimate of drug-likeness (QED) is 0.818. The van der Waals surface area contributed by atoms with Crippen molar-refractivity contribution in [3.05, 3.63) is 54.6 Å². The monoisotopic (exact) mass is 308 g/mol. The molecule has 2 aromatic rings. The summed E-state index contributed by atoms with van der Waals surface area (Å²) < 4.78 is 5.96. The Bertz CT molecular complexity index is 697. The first kappa shape index (κ1) is 14.2. The standard InChI is InChI=1S/C18H20N4O/c1-17(2)12-23-16(21-17)18(3)15(14-8-4-5-10-20-14)22(18)13-7-6-9-19-11-13/h4-11,15H,12H2,1-3H3/t15-,18-,22?/m0/s1. The fourth-order valence-electron chi connectivity index (χ4n) is 3.32. The molecule has 2 aliphatic heterocycles. The van der Waals surface area contributed by atoms with Gasteiger partial charge in [0, 0.05) is 12.4 Å². The largest absolute Gasteiger partial charge is 0.477 e. The van der Waals surface area contributed by atoms with Crippen molar-refractivity contribution < 1.29 is 4.74 Å². The second-order valence-electron chi connectivity index (χ2n) is 6.90. The van der Waals surface area contributed by atoms with E-state index in [0.717, 1.165) is 17.3 Å². The molecule has 1 fully saturated rings. The van der Waals surface area contributed by atoms with Gasteiger partial charge in [0.25, 0.3) is 0 Å². The van der Waals surface area contributed by atoms with Crippen LogP contribution in [0.4, 0.5) is 5.69 Å². The molecule has 0 N–H and O–H groups in total. The van der Waals surface area contributed by atoms with E-state index in [2.05, 4.69) is 47.8 Å². The Morgan fingerprint density at radius 2 is 2.00 bits per heavy atom. The predicted octanol–water partition coefficient (Wildman–Crippen LogP) is 3.00. The van der Waals surface area contributed by atoms with Crippen molar-refractivity contribution in [2.45, 2.75) is 37.9 Å². The van der Waals surface area contributed by atoms with Crippen molar-refractivity contribution in [1.29, 1.82) is 0 Å². The number of hydrogen-bond acceptors (Lipinski definition) is 5. The van der Waals surface area contributed by atoms with E-state index in [9.17, 15) is 0 Å². The topological polar surface area (TPSA) is 50.4 Å². The van der Waals surface area contributed by atoms with Crippen molar-refractivity contribution >= 4 is 11.6 Å². The maximum Gasteiger partial charge on any atom is 0.213 e. The number of aromatic nitrogens is 2. The maximum absolute atomic E-state index is 5.96. The molecule has 23 heavy (non-hydrogen) atoms. The lowest BCUT2D eigenvalue weighted by Crippen LogP contribution is -2.26. The first-order chi connectivity index (χ1) is 11.0. The minimum atomic E-state index is -0.314. The summed E-state index contributed by atoms with van der Waals surface area (Å²) in [6, 6.07) is 10.1. The summed E-state index contributed by atoms with van der Waals surface area (Å²) in [5.74, 6) is 0.794. The number of rotatable bonds is 3. The Kier molecular flexibility index (Phi) is 2.95. The number of hydrogen-bond donors (Lipinski definition) is 0. The van der Waals surface area contributed by atoms with Crippen molar-refractivity contribution in [3.8, 4) is 0 Å². The number of pyridine rings is 2. The molecular formula is C18H20N4O. The van der Waals surface area contributed by atoms with Crippen molar-refractivity contribution in [1.82, 2.24) is 9.97 Å². The van der Waals surface area contributed by atoms with Gasteiger partial charge in [0.05, 0.1) is 23.1 Å². The molecule has 0 amide bonds. The third-order valence-electron chi connectivity index (χ3n) is 4.51. The van der Waals surface area contributed by atoms with E-state index in [1.807, 2.05) is 30.6 Å². The molecule has 2 aliphatic rings. The normalized spacial score (nSPS) is 28.2. The maximum atomic E-state index is 5.96. The van der Waals surface area contributed by atoms with Gasteiger partial charge in [-0.15, -0.1) is 0 Å². The molecule has 118 valence electrons. The van der Waals surface area contributed by atoms with Crippen molar-refractivity contribution in [2.75, 3.05) is 11.5 Å². The Balaban J connectivity index is 1.77. The molecule has 1 saturated heterocycles. The zero-order valence-corrected chi connectivity index (χ0v) is 13.6. The van der Waals surface area contributed by atoms with Crippen LogP contribution in [0.1, 0.15) is 32.5 Å². The second-order valence-corrected chi connectivity index (χ2v) is 6.90. The van der Waals surface area contributed by atoms with Crippen molar-refractivity contribution in [3.63, 3.8) is 0 Å². The fourth-order valence-corrected chi connectivity index (χ4v) is 3.32. The van der Waals surface area contributed by atoms with E-state index < -0.39 is 0 Å². The second kappa shape index (κ2) is 4.78. The van der Waals surface area contributed by atoms with Crippen LogP contribution in [0.25, 0.3) is 0 Å². The molecular weight excluding hydrogens is 288 g/mol. The van der Waals surface area contributed by atoms with Crippen LogP contribution in [0.15, 0.2) is 53.9 Å². The van der Waals surface area contributed by atoms with Crippen molar-refractivity contribution in [2.24, 2.45) is 4.99 Å². The molecule has 5 nitrogen and oxygen atoms in total. The van der Waals surface area contributed by atoms with E-state index in [1.54, 1.807) is 6.20 Å². The Hall–Kier alpha value is -2.43. The molecule has 5 heteroatoms. The molecule has 0 aromatic carbocycles. The van der Waals surface area contributed by atoms with Gasteiger partial charge < -0.3 is 9.64 Å². The third kappa shape index (κ3) is 2.19. The lowest BCUT2D eigenvalue weighted by atomic mass is 10.0. The number of aliphatic imine (C=N–C) groups is 1. The van der Waals surface area contributed by atoms with Crippen LogP contribution < -0.4 is 4.90 Å². The molecule has 4 heterocycles. The Morgan fingerprint density at radius 3 is 2.61 bits per heavy atom. The van der Waals surface area contributed by atoms with E-state index in [0.29, 0.717) is 6.61 Å². The molecule has 2 atom stereocenters. The molecule has 0 saturated carbocycles. The zero-order chi connectivity index (χ0) is 16.1. The first-order valence-corrected chi connectivity index (χ1v) is 7.86. The minimum Gasteiger partial charge on any atom is -0.477 e. The summed E-state index contributed by atoms with van der Waals surface area (Å²) in [5.41, 5.74) is 1.60. The van der Waals surface area contributed by atoms with Crippen LogP contribution in [-0.2, 0) is 4.74 Å². The van der Waals surface area contributed by atoms with E-state index in [1.165, 1.54) is 0 Å². The molecule has 0 unspecified atom stereocenters. The summed E-state index contributed by atoms with van der Waals surface area (Å²) in [7, 11) is 0. The molecule has 0 radical (unpaired) electrons. The van der Waals surface area contributed by atoms with Gasteiger partial charge in [-0.3, -0.25) is 9.97 Å². The van der Waals surface area contributed by atoms with Gasteiger partial charge in [-0.05, 0) is 45.0 Å². The van der Waals surface area contributed by atoms with Gasteiger partial charge >= 0.3 is 0 Å². The van der Waals surface area contributed by atoms with E-state index >= 15 is 0 Å². The van der Waals surface area contributed by atoms with Crippen LogP contribution in [-0.4, -0.2) is 33.6 Å². The SMILES string of the molecule is CC1(C)COC([C@]2(C)[C@H](c3ccccn3)N2c2cccnc2)=N1. The van der Waals surface area contributed by atoms with E-state index in [4.69, 9.17) is 9.73 Å². The smallest absolute Gasteiger partial charge is 0.213 e. The highest BCUT2D eigenvalue weighted by atomic mass is 16.5. The van der Waals surface area contributed by atoms with Gasteiger partial charge in [0.2, 0.25) is 5.90 Å². The Labute approximate surface area is 136 Å². The molecule has 0 spiro atoms. The molecule has 0 aliphatic carbocycles. The van der Waals surface area contributed by atoms with Crippen LogP contribution in [0.2, 0.25) is 0 Å². The fraction of sp³-hybridized carbons (Fsp3) is 0.389. The lowest BCUT2D eigenvalue weighted by Gasteiger charge is -2.12. The molecule has 0 bridgehead atoms. The summed E-state index contributed by atoms with van der Waals surface area (Å²) in [4.78, 5) is 15.9. The molecule has 4 rings (SSSR count). The predicted molar refractivity (Wildman–Crippen MR) is 89.6 cm³/mol. The summed E-state index contributed by atoms with van der Waals surface area (Å²) >= 11 is 0. The summed E-state index contributed by atoms with van der Waals surface area (Å²) in [6.45, 7) is 6.97. The minimum absolute atomic E-state index is 0.112. The average molecular weight is 308 g/mol. The summed E-state index contributed by atoms with van der Waals surface area (Å²) in [5, 5.41) is 0. The highest BCUT2D eigenvalue weighted by Gasteiger charge is 2.66. The average Bonchev–Trinajstić information content (AvgIpc) is 3.03. The zero-order valence-electron chi connectivity index (χ0n) is 13.6. The van der Waals surface area contributed by atoms with Crippen LogP contribution >= 0.6 is 0 Å². The summed E-state index contributed by atoms with van der Waals surface area (Å²) in [6.07, 6.45) is 5.49. The Morgan fingerprint density at radius 1 is 1.13 bits per heavy atom. The number of nitrogens with zero attached hydrogens (tertiary/aromatic N) is 4. The van der Waals surface area contributed by atoms with Gasteiger partial charge in [-0.2, -0.15) is 0 Å². The van der Waals surface area contributed by atoms with E-state index in [-0.39, 0.29) is 17.1 Å². The highest BCUT2D eigenvalue weighted by molar-refractivity contribution is 5.98. The van der Waals surface area contributed by atoms with Crippen LogP contribution in [0.3, 0.4) is 0 Å². The van der Waals surface area contributed by atoms with Crippen LogP contribution in [0.5, 0.6) is 0 Å². The van der Waals surface area contributed by atoms with Gasteiger partial charge in [-0.25, -0.2) is 4.99 Å². The number of anilines is 1. The van der Waals surface area contributed by atoms with Crippen LogP contribution in [0, 0.1) is 0 Å². The van der Waals surface area contributed by atoms with Gasteiger partial charge in [-0.1, -0.05) is 6.07 Å². The highest BCUT2D eigenvalue weighted by Crippen LogP contribution is 2.56. The number of ether oxygens (including phenoxy) is 1. The molecule has 2 aromatic heterocycles. The first-order valence-electron chi connectivity index (χ1n) is 7.86. The lowest BCUT2D eigenvalue weighted by molar-refractivity contribution is 0.270. The van der Waals surface area contributed by atoms with Gasteiger partial charge in [0.15, 0.2) is 0 Å². The van der Waals surface area contributed by atoms with Gasteiger partial charge in [0.1, 0.15) is 18.2 Å². The third-order valence-corrected chi connectivity index (χ3v) is 4.51.